The molecule has 0 heterocycles. The highest BCUT2D eigenvalue weighted by Crippen LogP contribution is 2.50. The van der Waals surface area contributed by atoms with Gasteiger partial charge in [-0.15, -0.1) is 0 Å². The first-order chi connectivity index (χ1) is 11.0. The third-order valence-corrected chi connectivity index (χ3v) is 4.45. The first-order valence-electron chi connectivity index (χ1n) is 8.03. The Morgan fingerprint density at radius 3 is 2.22 bits per heavy atom. The molecule has 2 aliphatic rings. The number of nitrogens with two attached hydrogens (primary N) is 1. The molecule has 2 fully saturated rings. The number of methoxy groups -OCH3 is 1. The van der Waals surface area contributed by atoms with E-state index >= 15 is 0 Å². The Labute approximate surface area is 135 Å². The Morgan fingerprint density at radius 2 is 1.83 bits per heavy atom. The summed E-state index contributed by atoms with van der Waals surface area (Å²) in [6.07, 6.45) is 4.86. The van der Waals surface area contributed by atoms with Crippen molar-refractivity contribution in [1.29, 1.82) is 0 Å². The van der Waals surface area contributed by atoms with Gasteiger partial charge in [-0.3, -0.25) is 14.6 Å². The van der Waals surface area contributed by atoms with Crippen LogP contribution in [0.3, 0.4) is 0 Å². The zero-order valence-electron chi connectivity index (χ0n) is 13.3. The molecular weight excluding hydrogens is 300 g/mol. The van der Waals surface area contributed by atoms with E-state index in [0.29, 0.717) is 23.8 Å². The minimum atomic E-state index is -1.07. The highest BCUT2D eigenvalue weighted by molar-refractivity contribution is 5.93. The molecular formula is C16H24N2O5. The number of carboxylic acids is 1. The molecule has 0 aromatic rings. The average Bonchev–Trinajstić information content (AvgIpc) is 3.39. The maximum absolute atomic E-state index is 11.6. The molecule has 7 nitrogen and oxygen atoms in total. The fourth-order valence-corrected chi connectivity index (χ4v) is 3.09. The van der Waals surface area contributed by atoms with Crippen LogP contribution in [0.2, 0.25) is 0 Å². The summed E-state index contributed by atoms with van der Waals surface area (Å²) in [6, 6.07) is -1.76. The maximum Gasteiger partial charge on any atom is 0.323 e. The largest absolute Gasteiger partial charge is 0.481 e. The van der Waals surface area contributed by atoms with Crippen molar-refractivity contribution in [3.8, 4) is 0 Å². The van der Waals surface area contributed by atoms with Crippen LogP contribution in [0.25, 0.3) is 0 Å². The molecule has 128 valence electrons. The Kier molecular flexibility index (Phi) is 5.87. The lowest BCUT2D eigenvalue weighted by atomic mass is 9.88. The van der Waals surface area contributed by atoms with Crippen molar-refractivity contribution in [3.63, 3.8) is 0 Å². The van der Waals surface area contributed by atoms with Gasteiger partial charge in [-0.1, -0.05) is 0 Å². The Hall–Kier alpha value is -1.76. The number of ether oxygens (including phenoxy) is 1. The van der Waals surface area contributed by atoms with Gasteiger partial charge in [0.15, 0.2) is 0 Å². The molecule has 0 aliphatic heterocycles. The fourth-order valence-electron chi connectivity index (χ4n) is 3.09. The van der Waals surface area contributed by atoms with Crippen molar-refractivity contribution in [2.75, 3.05) is 7.11 Å². The summed E-state index contributed by atoms with van der Waals surface area (Å²) in [5, 5.41) is 8.89. The first-order valence-corrected chi connectivity index (χ1v) is 8.03. The summed E-state index contributed by atoms with van der Waals surface area (Å²) >= 11 is 0. The minimum Gasteiger partial charge on any atom is -0.481 e. The van der Waals surface area contributed by atoms with E-state index in [4.69, 9.17) is 10.8 Å². The Morgan fingerprint density at radius 1 is 1.26 bits per heavy atom. The van der Waals surface area contributed by atoms with Crippen LogP contribution in [-0.4, -0.2) is 48.2 Å². The van der Waals surface area contributed by atoms with Crippen molar-refractivity contribution in [1.82, 2.24) is 0 Å². The summed E-state index contributed by atoms with van der Waals surface area (Å²) in [5.41, 5.74) is 6.58. The van der Waals surface area contributed by atoms with Crippen LogP contribution in [0.4, 0.5) is 0 Å². The number of carboxylic acid groups (broad SMARTS) is 1. The molecule has 2 saturated carbocycles. The number of aliphatic imine (C=N–C) groups is 1. The Bertz CT molecular complexity index is 485. The second kappa shape index (κ2) is 7.68. The van der Waals surface area contributed by atoms with Crippen LogP contribution >= 0.6 is 0 Å². The van der Waals surface area contributed by atoms with Gasteiger partial charge in [-0.2, -0.15) is 0 Å². The van der Waals surface area contributed by atoms with Crippen LogP contribution in [0, 0.1) is 17.8 Å². The van der Waals surface area contributed by atoms with Gasteiger partial charge in [0, 0.05) is 18.1 Å². The van der Waals surface area contributed by atoms with Crippen molar-refractivity contribution in [2.24, 2.45) is 28.5 Å². The highest BCUT2D eigenvalue weighted by atomic mass is 16.5. The van der Waals surface area contributed by atoms with E-state index < -0.39 is 24.0 Å². The molecule has 1 unspecified atom stereocenters. The molecule has 3 N–H and O–H groups in total. The molecule has 7 heteroatoms. The molecule has 0 saturated heterocycles. The number of carbonyl (C=O) groups is 3. The van der Waals surface area contributed by atoms with E-state index in [2.05, 4.69) is 9.73 Å². The molecule has 2 atom stereocenters. The summed E-state index contributed by atoms with van der Waals surface area (Å²) in [4.78, 5) is 38.0. The zero-order chi connectivity index (χ0) is 17.0. The molecule has 0 amide bonds. The first kappa shape index (κ1) is 17.6. The summed E-state index contributed by atoms with van der Waals surface area (Å²) < 4.78 is 4.66. The van der Waals surface area contributed by atoms with Crippen LogP contribution < -0.4 is 5.73 Å². The second-order valence-electron chi connectivity index (χ2n) is 6.46. The van der Waals surface area contributed by atoms with Crippen molar-refractivity contribution < 1.29 is 24.2 Å². The smallest absolute Gasteiger partial charge is 0.323 e. The van der Waals surface area contributed by atoms with E-state index in [9.17, 15) is 14.4 Å². The van der Waals surface area contributed by atoms with Gasteiger partial charge in [0.2, 0.25) is 0 Å². The second-order valence-corrected chi connectivity index (χ2v) is 6.46. The van der Waals surface area contributed by atoms with Crippen molar-refractivity contribution >= 4 is 23.9 Å². The third-order valence-electron chi connectivity index (χ3n) is 4.45. The van der Waals surface area contributed by atoms with Gasteiger partial charge in [-0.25, -0.2) is 0 Å². The average molecular weight is 324 g/mol. The van der Waals surface area contributed by atoms with E-state index in [1.807, 2.05) is 0 Å². The van der Waals surface area contributed by atoms with Crippen LogP contribution in [0.1, 0.15) is 38.5 Å². The number of hydrogen-bond acceptors (Lipinski definition) is 6. The van der Waals surface area contributed by atoms with Gasteiger partial charge in [0.05, 0.1) is 13.5 Å². The molecule has 2 aliphatic carbocycles. The number of rotatable bonds is 10. The molecule has 2 rings (SSSR count). The van der Waals surface area contributed by atoms with Gasteiger partial charge in [-0.05, 0) is 37.5 Å². The van der Waals surface area contributed by atoms with Crippen LogP contribution in [0.5, 0.6) is 0 Å². The lowest BCUT2D eigenvalue weighted by Crippen LogP contribution is -2.37. The van der Waals surface area contributed by atoms with Crippen LogP contribution in [0.15, 0.2) is 4.99 Å². The molecule has 0 aromatic heterocycles. The van der Waals surface area contributed by atoms with E-state index in [-0.39, 0.29) is 18.8 Å². The number of hydrogen-bond donors (Lipinski definition) is 2. The number of aliphatic carboxylic acids is 1. The summed E-state index contributed by atoms with van der Waals surface area (Å²) in [7, 11) is 1.27. The van der Waals surface area contributed by atoms with Gasteiger partial charge in [0.25, 0.3) is 0 Å². The monoisotopic (exact) mass is 324 g/mol. The minimum absolute atomic E-state index is 0.210. The highest BCUT2D eigenvalue weighted by Gasteiger charge is 2.44. The van der Waals surface area contributed by atoms with Gasteiger partial charge >= 0.3 is 11.9 Å². The predicted molar refractivity (Wildman–Crippen MR) is 83.1 cm³/mol. The SMILES string of the molecule is COC(=O)C(N)CC(=N[C@H](C=O)CC(=O)O)C(C1CC1)C1CC1. The molecule has 23 heavy (non-hydrogen) atoms. The van der Waals surface area contributed by atoms with Crippen molar-refractivity contribution in [2.45, 2.75) is 50.6 Å². The predicted octanol–water partition coefficient (Wildman–Crippen LogP) is 0.796. The van der Waals surface area contributed by atoms with Gasteiger partial charge < -0.3 is 20.4 Å². The van der Waals surface area contributed by atoms with Crippen molar-refractivity contribution in [3.05, 3.63) is 0 Å². The normalized spacial score (nSPS) is 20.9. The summed E-state index contributed by atoms with van der Waals surface area (Å²) in [6.45, 7) is 0. The van der Waals surface area contributed by atoms with Crippen LogP contribution in [-0.2, 0) is 19.1 Å². The maximum atomic E-state index is 11.6. The fraction of sp³-hybridized carbons (Fsp3) is 0.750. The number of aldehydes is 1. The lowest BCUT2D eigenvalue weighted by molar-refractivity contribution is -0.142. The lowest BCUT2D eigenvalue weighted by Gasteiger charge is -2.22. The van der Waals surface area contributed by atoms with Gasteiger partial charge in [0.1, 0.15) is 18.4 Å². The zero-order valence-corrected chi connectivity index (χ0v) is 13.3. The van der Waals surface area contributed by atoms with E-state index in [0.717, 1.165) is 25.7 Å². The molecule has 0 spiro atoms. The number of esters is 1. The Balaban J connectivity index is 2.19. The topological polar surface area (TPSA) is 119 Å². The standard InChI is InChI=1S/C16H24N2O5/c1-23-16(22)12(17)7-13(18-11(8-19)6-14(20)21)15(9-2-3-9)10-4-5-10/h8-12,15H,2-7,17H2,1H3,(H,20,21)/t11-,12?/m0/s1. The quantitative estimate of drug-likeness (QED) is 0.348. The summed E-state index contributed by atoms with van der Waals surface area (Å²) in [5.74, 6) is -0.353. The third kappa shape index (κ3) is 5.13. The number of carbonyl (C=O) groups excluding carboxylic acids is 2. The molecule has 0 aromatic carbocycles. The number of nitrogens with zero attached hydrogens (tertiary/aromatic N) is 1. The van der Waals surface area contributed by atoms with E-state index in [1.165, 1.54) is 7.11 Å². The molecule has 0 bridgehead atoms. The molecule has 0 radical (unpaired) electrons. The van der Waals surface area contributed by atoms with E-state index in [1.54, 1.807) is 0 Å².